The number of hydrogen-bond acceptors (Lipinski definition) is 5. The third-order valence-corrected chi connectivity index (χ3v) is 4.63. The molecule has 0 radical (unpaired) electrons. The first-order chi connectivity index (χ1) is 12.1. The monoisotopic (exact) mass is 415 g/mol. The summed E-state index contributed by atoms with van der Waals surface area (Å²) in [5, 5.41) is 7.04. The zero-order valence-corrected chi connectivity index (χ0v) is 16.3. The van der Waals surface area contributed by atoms with E-state index in [1.807, 2.05) is 67.8 Å². The van der Waals surface area contributed by atoms with Gasteiger partial charge < -0.3 is 4.74 Å². The number of ether oxygens (including phenoxy) is 1. The predicted molar refractivity (Wildman–Crippen MR) is 109 cm³/mol. The van der Waals surface area contributed by atoms with Crippen molar-refractivity contribution in [1.82, 2.24) is 4.98 Å². The first-order valence-electron chi connectivity index (χ1n) is 7.88. The number of benzene rings is 2. The summed E-state index contributed by atoms with van der Waals surface area (Å²) in [4.78, 5) is 4.54. The molecule has 0 bridgehead atoms. The molecule has 0 saturated carbocycles. The lowest BCUT2D eigenvalue weighted by Gasteiger charge is -2.11. The predicted octanol–water partition coefficient (Wildman–Crippen LogP) is 5.81. The zero-order chi connectivity index (χ0) is 17.6. The highest BCUT2D eigenvalue weighted by Gasteiger charge is 2.05. The highest BCUT2D eigenvalue weighted by Crippen LogP contribution is 2.27. The summed E-state index contributed by atoms with van der Waals surface area (Å²) in [7, 11) is 0. The van der Waals surface area contributed by atoms with Gasteiger partial charge in [0, 0.05) is 10.9 Å². The Labute approximate surface area is 159 Å². The third kappa shape index (κ3) is 4.90. The molecule has 4 nitrogen and oxygen atoms in total. The van der Waals surface area contributed by atoms with Gasteiger partial charge in [0.25, 0.3) is 0 Å². The van der Waals surface area contributed by atoms with Crippen molar-refractivity contribution in [3.8, 4) is 17.0 Å². The van der Waals surface area contributed by atoms with E-state index in [-0.39, 0.29) is 6.10 Å². The molecule has 0 amide bonds. The SMILES string of the molecule is CC(C)Oc1ccc(C=NNc2nc(-c3ccccc3)cs2)cc1Br. The lowest BCUT2D eigenvalue weighted by atomic mass is 10.2. The smallest absolute Gasteiger partial charge is 0.203 e. The number of thiazole rings is 1. The summed E-state index contributed by atoms with van der Waals surface area (Å²) in [5.74, 6) is 0.826. The lowest BCUT2D eigenvalue weighted by molar-refractivity contribution is 0.241. The number of nitrogens with zero attached hydrogens (tertiary/aromatic N) is 2. The molecule has 0 unspecified atom stereocenters. The number of aromatic nitrogens is 1. The van der Waals surface area contributed by atoms with Crippen LogP contribution in [-0.4, -0.2) is 17.3 Å². The molecule has 0 aliphatic rings. The molecule has 0 aliphatic heterocycles. The van der Waals surface area contributed by atoms with Crippen molar-refractivity contribution >= 4 is 38.6 Å². The Morgan fingerprint density at radius 1 is 1.20 bits per heavy atom. The van der Waals surface area contributed by atoms with Crippen LogP contribution in [-0.2, 0) is 0 Å². The zero-order valence-electron chi connectivity index (χ0n) is 13.9. The number of hydrazone groups is 1. The van der Waals surface area contributed by atoms with Gasteiger partial charge in [0.2, 0.25) is 5.13 Å². The number of rotatable bonds is 6. The Kier molecular flexibility index (Phi) is 5.83. The molecular formula is C19H18BrN3OS. The Morgan fingerprint density at radius 2 is 2.00 bits per heavy atom. The van der Waals surface area contributed by atoms with Gasteiger partial charge in [-0.3, -0.25) is 5.43 Å². The first kappa shape index (κ1) is 17.6. The number of anilines is 1. The molecule has 6 heteroatoms. The van der Waals surface area contributed by atoms with Crippen LogP contribution in [0, 0.1) is 0 Å². The van der Waals surface area contributed by atoms with Crippen molar-refractivity contribution in [3.63, 3.8) is 0 Å². The van der Waals surface area contributed by atoms with Crippen LogP contribution in [0.1, 0.15) is 19.4 Å². The van der Waals surface area contributed by atoms with Crippen molar-refractivity contribution in [1.29, 1.82) is 0 Å². The molecular weight excluding hydrogens is 398 g/mol. The number of hydrogen-bond donors (Lipinski definition) is 1. The van der Waals surface area contributed by atoms with Gasteiger partial charge in [0.05, 0.1) is 22.5 Å². The van der Waals surface area contributed by atoms with E-state index in [9.17, 15) is 0 Å². The standard InChI is InChI=1S/C19H18BrN3OS/c1-13(2)24-18-9-8-14(10-16(18)20)11-21-23-19-22-17(12-25-19)15-6-4-3-5-7-15/h3-13H,1-2H3,(H,22,23). The maximum Gasteiger partial charge on any atom is 0.203 e. The maximum atomic E-state index is 5.70. The van der Waals surface area contributed by atoms with Crippen LogP contribution in [0.3, 0.4) is 0 Å². The lowest BCUT2D eigenvalue weighted by Crippen LogP contribution is -2.06. The van der Waals surface area contributed by atoms with Crippen molar-refractivity contribution < 1.29 is 4.74 Å². The third-order valence-electron chi connectivity index (χ3n) is 3.27. The fourth-order valence-corrected chi connectivity index (χ4v) is 3.33. The molecule has 3 aromatic rings. The largest absolute Gasteiger partial charge is 0.490 e. The summed E-state index contributed by atoms with van der Waals surface area (Å²) in [5.41, 5.74) is 5.99. The highest BCUT2D eigenvalue weighted by molar-refractivity contribution is 9.10. The van der Waals surface area contributed by atoms with Gasteiger partial charge in [-0.25, -0.2) is 4.98 Å². The summed E-state index contributed by atoms with van der Waals surface area (Å²) in [6.07, 6.45) is 1.90. The van der Waals surface area contributed by atoms with Gasteiger partial charge in [-0.1, -0.05) is 30.3 Å². The Hall–Kier alpha value is -2.18. The molecule has 0 fully saturated rings. The first-order valence-corrected chi connectivity index (χ1v) is 9.55. The second-order valence-electron chi connectivity index (χ2n) is 5.63. The van der Waals surface area contributed by atoms with Gasteiger partial charge >= 0.3 is 0 Å². The van der Waals surface area contributed by atoms with E-state index < -0.39 is 0 Å². The fraction of sp³-hybridized carbons (Fsp3) is 0.158. The van der Waals surface area contributed by atoms with Crippen molar-refractivity contribution in [2.45, 2.75) is 20.0 Å². The van der Waals surface area contributed by atoms with E-state index >= 15 is 0 Å². The fourth-order valence-electron chi connectivity index (χ4n) is 2.18. The van der Waals surface area contributed by atoms with Gasteiger partial charge in [0.15, 0.2) is 0 Å². The van der Waals surface area contributed by atoms with E-state index in [2.05, 4.69) is 31.4 Å². The molecule has 2 aromatic carbocycles. The van der Waals surface area contributed by atoms with Crippen LogP contribution in [0.4, 0.5) is 5.13 Å². The molecule has 0 aliphatic carbocycles. The minimum absolute atomic E-state index is 0.140. The summed E-state index contributed by atoms with van der Waals surface area (Å²) >= 11 is 5.05. The second kappa shape index (κ2) is 8.27. The topological polar surface area (TPSA) is 46.5 Å². The van der Waals surface area contributed by atoms with Crippen molar-refractivity contribution in [2.24, 2.45) is 5.10 Å². The second-order valence-corrected chi connectivity index (χ2v) is 7.34. The molecule has 1 aromatic heterocycles. The Bertz CT molecular complexity index is 862. The van der Waals surface area contributed by atoms with Crippen LogP contribution in [0.15, 0.2) is 63.5 Å². The van der Waals surface area contributed by atoms with Gasteiger partial charge in [0.1, 0.15) is 5.75 Å². The van der Waals surface area contributed by atoms with Gasteiger partial charge in [-0.15, -0.1) is 11.3 Å². The molecule has 0 atom stereocenters. The highest BCUT2D eigenvalue weighted by atomic mass is 79.9. The van der Waals surface area contributed by atoms with Crippen LogP contribution >= 0.6 is 27.3 Å². The van der Waals surface area contributed by atoms with E-state index in [0.29, 0.717) is 0 Å². The molecule has 0 saturated heterocycles. The summed E-state index contributed by atoms with van der Waals surface area (Å²) in [6.45, 7) is 4.01. The van der Waals surface area contributed by atoms with Gasteiger partial charge in [-0.2, -0.15) is 5.10 Å². The van der Waals surface area contributed by atoms with Crippen LogP contribution in [0.25, 0.3) is 11.3 Å². The molecule has 1 heterocycles. The average molecular weight is 416 g/mol. The van der Waals surface area contributed by atoms with Gasteiger partial charge in [-0.05, 0) is 53.5 Å². The van der Waals surface area contributed by atoms with Crippen molar-refractivity contribution in [2.75, 3.05) is 5.43 Å². The molecule has 128 valence electrons. The van der Waals surface area contributed by atoms with Crippen molar-refractivity contribution in [3.05, 3.63) is 63.9 Å². The molecule has 0 spiro atoms. The molecule has 1 N–H and O–H groups in total. The van der Waals surface area contributed by atoms with E-state index in [4.69, 9.17) is 4.74 Å². The summed E-state index contributed by atoms with van der Waals surface area (Å²) in [6, 6.07) is 16.0. The molecule has 25 heavy (non-hydrogen) atoms. The maximum absolute atomic E-state index is 5.70. The minimum atomic E-state index is 0.140. The van der Waals surface area contributed by atoms with Crippen LogP contribution in [0.5, 0.6) is 5.75 Å². The minimum Gasteiger partial charge on any atom is -0.490 e. The number of nitrogens with one attached hydrogen (secondary N) is 1. The van der Waals surface area contributed by atoms with E-state index in [1.165, 1.54) is 11.3 Å². The quantitative estimate of drug-likeness (QED) is 0.408. The summed E-state index contributed by atoms with van der Waals surface area (Å²) < 4.78 is 6.61. The Morgan fingerprint density at radius 3 is 2.72 bits per heavy atom. The molecule has 3 rings (SSSR count). The van der Waals surface area contributed by atoms with Crippen LogP contribution < -0.4 is 10.2 Å². The number of halogens is 1. The van der Waals surface area contributed by atoms with E-state index in [0.717, 1.165) is 32.2 Å². The average Bonchev–Trinajstić information content (AvgIpc) is 3.07. The Balaban J connectivity index is 1.64. The van der Waals surface area contributed by atoms with E-state index in [1.54, 1.807) is 6.21 Å². The van der Waals surface area contributed by atoms with Crippen LogP contribution in [0.2, 0.25) is 0 Å². The normalized spacial score (nSPS) is 11.2.